The highest BCUT2D eigenvalue weighted by Crippen LogP contribution is 2.31. The van der Waals surface area contributed by atoms with Gasteiger partial charge in [-0.25, -0.2) is 0 Å². The second kappa shape index (κ2) is 7.74. The lowest BCUT2D eigenvalue weighted by Gasteiger charge is -2.28. The van der Waals surface area contributed by atoms with Gasteiger partial charge in [0.05, 0.1) is 19.3 Å². The summed E-state index contributed by atoms with van der Waals surface area (Å²) in [6.07, 6.45) is 0. The summed E-state index contributed by atoms with van der Waals surface area (Å²) in [6.45, 7) is 3.76. The largest absolute Gasteiger partial charge is 0.494 e. The molecule has 0 aliphatic rings. The van der Waals surface area contributed by atoms with Gasteiger partial charge in [0.25, 0.3) is 0 Å². The number of nitrogens with zero attached hydrogens (tertiary/aromatic N) is 1. The number of halogens is 1. The zero-order valence-electron chi connectivity index (χ0n) is 10.9. The van der Waals surface area contributed by atoms with E-state index in [0.29, 0.717) is 19.7 Å². The highest BCUT2D eigenvalue weighted by atomic mass is 79.9. The second-order valence-electron chi connectivity index (χ2n) is 4.07. The number of rotatable bonds is 7. The SMILES string of the molecule is CCOc1ccc(Br)cc1C(CN)N(C)CCO. The fourth-order valence-electron chi connectivity index (χ4n) is 1.92. The maximum absolute atomic E-state index is 9.03. The number of hydrogen-bond donors (Lipinski definition) is 2. The molecule has 1 rings (SSSR count). The number of benzene rings is 1. The van der Waals surface area contributed by atoms with Gasteiger partial charge in [0, 0.05) is 23.1 Å². The molecule has 0 spiro atoms. The molecule has 0 aliphatic heterocycles. The molecule has 102 valence electrons. The number of hydrogen-bond acceptors (Lipinski definition) is 4. The molecule has 0 amide bonds. The molecule has 0 aromatic heterocycles. The Bertz CT molecular complexity index is 374. The van der Waals surface area contributed by atoms with E-state index in [1.807, 2.05) is 37.1 Å². The van der Waals surface area contributed by atoms with Crippen LogP contribution < -0.4 is 10.5 Å². The van der Waals surface area contributed by atoms with Crippen molar-refractivity contribution in [1.82, 2.24) is 4.90 Å². The summed E-state index contributed by atoms with van der Waals surface area (Å²) >= 11 is 3.47. The van der Waals surface area contributed by atoms with E-state index >= 15 is 0 Å². The van der Waals surface area contributed by atoms with Gasteiger partial charge in [-0.1, -0.05) is 15.9 Å². The van der Waals surface area contributed by atoms with Gasteiger partial charge in [0.2, 0.25) is 0 Å². The summed E-state index contributed by atoms with van der Waals surface area (Å²) in [5.41, 5.74) is 6.90. The lowest BCUT2D eigenvalue weighted by molar-refractivity contribution is 0.180. The molecular formula is C13H21BrN2O2. The molecule has 4 nitrogen and oxygen atoms in total. The third kappa shape index (κ3) is 3.95. The second-order valence-corrected chi connectivity index (χ2v) is 4.99. The van der Waals surface area contributed by atoms with Crippen molar-refractivity contribution in [1.29, 1.82) is 0 Å². The van der Waals surface area contributed by atoms with Crippen LogP contribution in [0.3, 0.4) is 0 Å². The fraction of sp³-hybridized carbons (Fsp3) is 0.538. The van der Waals surface area contributed by atoms with Crippen LogP contribution in [0.2, 0.25) is 0 Å². The molecule has 1 atom stereocenters. The van der Waals surface area contributed by atoms with Gasteiger partial charge in [-0.05, 0) is 32.2 Å². The minimum atomic E-state index is 0.0381. The standard InChI is InChI=1S/C13H21BrN2O2/c1-3-18-13-5-4-10(14)8-11(13)12(9-15)16(2)6-7-17/h4-5,8,12,17H,3,6-7,9,15H2,1-2H3. The molecule has 0 fully saturated rings. The third-order valence-corrected chi connectivity index (χ3v) is 3.33. The average molecular weight is 317 g/mol. The Kier molecular flexibility index (Phi) is 6.63. The summed E-state index contributed by atoms with van der Waals surface area (Å²) in [5, 5.41) is 9.03. The average Bonchev–Trinajstić information content (AvgIpc) is 2.34. The third-order valence-electron chi connectivity index (χ3n) is 2.84. The van der Waals surface area contributed by atoms with Crippen LogP contribution in [-0.2, 0) is 0 Å². The first-order valence-corrected chi connectivity index (χ1v) is 6.86. The lowest BCUT2D eigenvalue weighted by atomic mass is 10.0. The van der Waals surface area contributed by atoms with Crippen LogP contribution in [0.25, 0.3) is 0 Å². The van der Waals surface area contributed by atoms with Crippen LogP contribution in [0.4, 0.5) is 0 Å². The van der Waals surface area contributed by atoms with Crippen molar-refractivity contribution in [2.75, 3.05) is 33.4 Å². The molecule has 0 saturated heterocycles. The van der Waals surface area contributed by atoms with E-state index in [-0.39, 0.29) is 12.6 Å². The highest BCUT2D eigenvalue weighted by molar-refractivity contribution is 9.10. The number of ether oxygens (including phenoxy) is 1. The monoisotopic (exact) mass is 316 g/mol. The Balaban J connectivity index is 3.05. The molecular weight excluding hydrogens is 296 g/mol. The Morgan fingerprint density at radius 2 is 2.22 bits per heavy atom. The quantitative estimate of drug-likeness (QED) is 0.805. The van der Waals surface area contributed by atoms with Crippen LogP contribution in [-0.4, -0.2) is 43.4 Å². The molecule has 1 unspecified atom stereocenters. The minimum absolute atomic E-state index is 0.0381. The predicted molar refractivity (Wildman–Crippen MR) is 76.8 cm³/mol. The van der Waals surface area contributed by atoms with Gasteiger partial charge in [0.15, 0.2) is 0 Å². The van der Waals surface area contributed by atoms with Crippen molar-refractivity contribution < 1.29 is 9.84 Å². The van der Waals surface area contributed by atoms with E-state index in [9.17, 15) is 0 Å². The van der Waals surface area contributed by atoms with Gasteiger partial charge in [-0.3, -0.25) is 4.90 Å². The topological polar surface area (TPSA) is 58.7 Å². The van der Waals surface area contributed by atoms with Gasteiger partial charge >= 0.3 is 0 Å². The first kappa shape index (κ1) is 15.4. The first-order valence-electron chi connectivity index (χ1n) is 6.07. The van der Waals surface area contributed by atoms with E-state index in [0.717, 1.165) is 15.8 Å². The van der Waals surface area contributed by atoms with Crippen LogP contribution in [0, 0.1) is 0 Å². The van der Waals surface area contributed by atoms with Crippen LogP contribution in [0.5, 0.6) is 5.75 Å². The Morgan fingerprint density at radius 3 is 2.78 bits per heavy atom. The number of aliphatic hydroxyl groups is 1. The van der Waals surface area contributed by atoms with Crippen molar-refractivity contribution in [3.05, 3.63) is 28.2 Å². The van der Waals surface area contributed by atoms with Crippen LogP contribution in [0.15, 0.2) is 22.7 Å². The Labute approximate surface area is 117 Å². The summed E-state index contributed by atoms with van der Waals surface area (Å²) < 4.78 is 6.63. The summed E-state index contributed by atoms with van der Waals surface area (Å²) in [7, 11) is 1.95. The van der Waals surface area contributed by atoms with E-state index in [4.69, 9.17) is 15.6 Å². The Hall–Kier alpha value is -0.620. The molecule has 1 aromatic carbocycles. The van der Waals surface area contributed by atoms with Crippen molar-refractivity contribution in [3.8, 4) is 5.75 Å². The molecule has 18 heavy (non-hydrogen) atoms. The fourth-order valence-corrected chi connectivity index (χ4v) is 2.30. The van der Waals surface area contributed by atoms with Gasteiger partial charge in [-0.15, -0.1) is 0 Å². The number of nitrogens with two attached hydrogens (primary N) is 1. The van der Waals surface area contributed by atoms with Crippen molar-refractivity contribution in [2.24, 2.45) is 5.73 Å². The highest BCUT2D eigenvalue weighted by Gasteiger charge is 2.19. The lowest BCUT2D eigenvalue weighted by Crippen LogP contribution is -2.33. The van der Waals surface area contributed by atoms with Crippen LogP contribution in [0.1, 0.15) is 18.5 Å². The first-order chi connectivity index (χ1) is 8.63. The van der Waals surface area contributed by atoms with E-state index in [1.165, 1.54) is 0 Å². The van der Waals surface area contributed by atoms with Gasteiger partial charge in [0.1, 0.15) is 5.75 Å². The zero-order chi connectivity index (χ0) is 13.5. The maximum Gasteiger partial charge on any atom is 0.124 e. The van der Waals surface area contributed by atoms with Crippen molar-refractivity contribution >= 4 is 15.9 Å². The molecule has 0 radical (unpaired) electrons. The van der Waals surface area contributed by atoms with Crippen LogP contribution >= 0.6 is 15.9 Å². The molecule has 1 aromatic rings. The molecule has 0 bridgehead atoms. The van der Waals surface area contributed by atoms with E-state index in [2.05, 4.69) is 15.9 Å². The normalized spacial score (nSPS) is 12.8. The number of aliphatic hydroxyl groups excluding tert-OH is 1. The smallest absolute Gasteiger partial charge is 0.124 e. The summed E-state index contributed by atoms with van der Waals surface area (Å²) in [5.74, 6) is 0.848. The van der Waals surface area contributed by atoms with E-state index in [1.54, 1.807) is 0 Å². The van der Waals surface area contributed by atoms with Crippen molar-refractivity contribution in [2.45, 2.75) is 13.0 Å². The maximum atomic E-state index is 9.03. The molecule has 3 N–H and O–H groups in total. The predicted octanol–water partition coefficient (Wildman–Crippen LogP) is 1.77. The van der Waals surface area contributed by atoms with Crippen molar-refractivity contribution in [3.63, 3.8) is 0 Å². The molecule has 0 heterocycles. The van der Waals surface area contributed by atoms with Gasteiger partial charge < -0.3 is 15.6 Å². The molecule has 5 heteroatoms. The van der Waals surface area contributed by atoms with Gasteiger partial charge in [-0.2, -0.15) is 0 Å². The van der Waals surface area contributed by atoms with E-state index < -0.39 is 0 Å². The number of likely N-dealkylation sites (N-methyl/N-ethyl adjacent to an activating group) is 1. The molecule has 0 saturated carbocycles. The molecule has 0 aliphatic carbocycles. The minimum Gasteiger partial charge on any atom is -0.494 e. The zero-order valence-corrected chi connectivity index (χ0v) is 12.5. The summed E-state index contributed by atoms with van der Waals surface area (Å²) in [4.78, 5) is 2.03. The Morgan fingerprint density at radius 1 is 1.50 bits per heavy atom. The summed E-state index contributed by atoms with van der Waals surface area (Å²) in [6, 6.07) is 5.96.